The van der Waals surface area contributed by atoms with Crippen molar-refractivity contribution < 1.29 is 19.4 Å². The Morgan fingerprint density at radius 2 is 2.26 bits per heavy atom. The molecule has 23 heavy (non-hydrogen) atoms. The predicted molar refractivity (Wildman–Crippen MR) is 81.1 cm³/mol. The molecule has 1 unspecified atom stereocenters. The molecular weight excluding hydrogens is 304 g/mol. The van der Waals surface area contributed by atoms with Crippen LogP contribution in [0.3, 0.4) is 0 Å². The normalized spacial score (nSPS) is 24.0. The lowest BCUT2D eigenvalue weighted by atomic mass is 10.2. The average Bonchev–Trinajstić information content (AvgIpc) is 2.87. The first-order chi connectivity index (χ1) is 10.9. The molecule has 8 nitrogen and oxygen atoms in total. The van der Waals surface area contributed by atoms with Gasteiger partial charge >= 0.3 is 5.69 Å². The van der Waals surface area contributed by atoms with E-state index < -0.39 is 29.9 Å². The number of carbonyl (C=O) groups is 1. The van der Waals surface area contributed by atoms with Crippen LogP contribution in [0.15, 0.2) is 15.8 Å². The van der Waals surface area contributed by atoms with Gasteiger partial charge in [0.05, 0.1) is 0 Å². The number of rotatable bonds is 7. The molecule has 0 saturated carbocycles. The van der Waals surface area contributed by atoms with Crippen LogP contribution in [0.1, 0.15) is 44.4 Å². The number of carbonyl (C=O) groups excluding carboxylic acids is 1. The predicted octanol–water partition coefficient (Wildman–Crippen LogP) is 0.227. The fourth-order valence-corrected chi connectivity index (χ4v) is 2.37. The molecule has 0 amide bonds. The quantitative estimate of drug-likeness (QED) is 0.742. The largest absolute Gasteiger partial charge is 0.388 e. The third-order valence-corrected chi connectivity index (χ3v) is 3.72. The van der Waals surface area contributed by atoms with Crippen LogP contribution >= 0.6 is 0 Å². The van der Waals surface area contributed by atoms with Crippen molar-refractivity contribution in [2.75, 3.05) is 6.61 Å². The van der Waals surface area contributed by atoms with Crippen LogP contribution in [0.2, 0.25) is 0 Å². The minimum Gasteiger partial charge on any atom is -0.388 e. The highest BCUT2D eigenvalue weighted by Crippen LogP contribution is 2.28. The molecule has 0 bridgehead atoms. The van der Waals surface area contributed by atoms with Crippen molar-refractivity contribution in [2.45, 2.75) is 58.2 Å². The second kappa shape index (κ2) is 7.67. The number of ketones is 1. The zero-order valence-electron chi connectivity index (χ0n) is 13.3. The number of aromatic amines is 1. The van der Waals surface area contributed by atoms with Crippen LogP contribution < -0.4 is 11.2 Å². The van der Waals surface area contributed by atoms with Crippen LogP contribution in [0.4, 0.5) is 0 Å². The van der Waals surface area contributed by atoms with Crippen molar-refractivity contribution in [3.8, 4) is 0 Å². The van der Waals surface area contributed by atoms with Gasteiger partial charge in [-0.3, -0.25) is 19.1 Å². The second-order valence-corrected chi connectivity index (χ2v) is 5.69. The van der Waals surface area contributed by atoms with Crippen molar-refractivity contribution in [3.63, 3.8) is 0 Å². The number of hydrogen-bond acceptors (Lipinski definition) is 6. The average molecular weight is 326 g/mol. The summed E-state index contributed by atoms with van der Waals surface area (Å²) in [5, 5.41) is 9.98. The summed E-state index contributed by atoms with van der Waals surface area (Å²) in [6.07, 6.45) is 1.01. The lowest BCUT2D eigenvalue weighted by molar-refractivity contribution is -0.180. The molecule has 128 valence electrons. The third-order valence-electron chi connectivity index (χ3n) is 3.72. The number of aromatic nitrogens is 2. The van der Waals surface area contributed by atoms with Gasteiger partial charge in [-0.25, -0.2) is 4.79 Å². The standard InChI is InChI=1S/C15H22N2O6/c1-3-4-5-10(18)8-22-14-11(19)6-12(23-14)17-7-9(2)13(20)16-15(17)21/h7,11-12,14,19H,3-6,8H2,1-2H3,(H,16,20,21)/t11-,12?,14-/m0/s1. The van der Waals surface area contributed by atoms with Crippen molar-refractivity contribution in [3.05, 3.63) is 32.6 Å². The summed E-state index contributed by atoms with van der Waals surface area (Å²) in [6, 6.07) is 0. The maximum absolute atomic E-state index is 11.8. The lowest BCUT2D eigenvalue weighted by Gasteiger charge is -2.16. The summed E-state index contributed by atoms with van der Waals surface area (Å²) in [6.45, 7) is 3.43. The molecule has 0 aromatic carbocycles. The third kappa shape index (κ3) is 4.37. The Kier molecular flexibility index (Phi) is 5.86. The molecule has 2 rings (SSSR count). The van der Waals surface area contributed by atoms with Gasteiger partial charge in [-0.05, 0) is 13.3 Å². The number of aliphatic hydroxyl groups excluding tert-OH is 1. The highest BCUT2D eigenvalue weighted by molar-refractivity contribution is 5.79. The molecule has 1 fully saturated rings. The van der Waals surface area contributed by atoms with E-state index in [1.54, 1.807) is 6.92 Å². The topological polar surface area (TPSA) is 111 Å². The van der Waals surface area contributed by atoms with Gasteiger partial charge in [0.2, 0.25) is 0 Å². The van der Waals surface area contributed by atoms with Crippen molar-refractivity contribution in [2.24, 2.45) is 0 Å². The summed E-state index contributed by atoms with van der Waals surface area (Å²) in [5.74, 6) is -0.0526. The van der Waals surface area contributed by atoms with Gasteiger partial charge in [0.25, 0.3) is 5.56 Å². The molecule has 2 heterocycles. The number of unbranched alkanes of at least 4 members (excludes halogenated alkanes) is 1. The van der Waals surface area contributed by atoms with Crippen molar-refractivity contribution >= 4 is 5.78 Å². The van der Waals surface area contributed by atoms with Gasteiger partial charge in [0, 0.05) is 24.6 Å². The Bertz CT molecular complexity index is 665. The van der Waals surface area contributed by atoms with E-state index in [4.69, 9.17) is 9.47 Å². The number of aryl methyl sites for hydroxylation is 1. The molecule has 1 aliphatic heterocycles. The molecule has 0 aliphatic carbocycles. The zero-order valence-corrected chi connectivity index (χ0v) is 13.3. The first-order valence-electron chi connectivity index (χ1n) is 7.71. The number of ether oxygens (including phenoxy) is 2. The van der Waals surface area contributed by atoms with Gasteiger partial charge in [-0.1, -0.05) is 13.3 Å². The fourth-order valence-electron chi connectivity index (χ4n) is 2.37. The molecular formula is C15H22N2O6. The molecule has 1 saturated heterocycles. The maximum atomic E-state index is 11.8. The Labute approximate surface area is 133 Å². The SMILES string of the molecule is CCCCC(=O)CO[C@H]1OC(n2cc(C)c(=O)[nH]c2=O)C[C@@H]1O. The second-order valence-electron chi connectivity index (χ2n) is 5.69. The number of H-pyrrole nitrogens is 1. The first kappa shape index (κ1) is 17.6. The van der Waals surface area contributed by atoms with Crippen LogP contribution in [0.5, 0.6) is 0 Å². The minimum atomic E-state index is -0.968. The summed E-state index contributed by atoms with van der Waals surface area (Å²) in [4.78, 5) is 37.0. The number of aliphatic hydroxyl groups is 1. The molecule has 1 aromatic rings. The van der Waals surface area contributed by atoms with Gasteiger partial charge in [-0.15, -0.1) is 0 Å². The first-order valence-corrected chi connectivity index (χ1v) is 7.71. The lowest BCUT2D eigenvalue weighted by Crippen LogP contribution is -2.33. The van der Waals surface area contributed by atoms with Crippen LogP contribution in [0.25, 0.3) is 0 Å². The van der Waals surface area contributed by atoms with E-state index in [1.165, 1.54) is 10.8 Å². The smallest absolute Gasteiger partial charge is 0.330 e. The zero-order chi connectivity index (χ0) is 17.0. The van der Waals surface area contributed by atoms with E-state index in [0.29, 0.717) is 12.0 Å². The van der Waals surface area contributed by atoms with Crippen LogP contribution in [-0.4, -0.2) is 39.4 Å². The Morgan fingerprint density at radius 3 is 2.96 bits per heavy atom. The van der Waals surface area contributed by atoms with E-state index in [9.17, 15) is 19.5 Å². The Balaban J connectivity index is 1.98. The summed E-state index contributed by atoms with van der Waals surface area (Å²) >= 11 is 0. The molecule has 1 aromatic heterocycles. The molecule has 8 heteroatoms. The van der Waals surface area contributed by atoms with Gasteiger partial charge < -0.3 is 14.6 Å². The summed E-state index contributed by atoms with van der Waals surface area (Å²) < 4.78 is 12.0. The van der Waals surface area contributed by atoms with E-state index in [2.05, 4.69) is 4.98 Å². The highest BCUT2D eigenvalue weighted by atomic mass is 16.7. The summed E-state index contributed by atoms with van der Waals surface area (Å²) in [7, 11) is 0. The molecule has 0 spiro atoms. The molecule has 2 N–H and O–H groups in total. The van der Waals surface area contributed by atoms with Crippen LogP contribution in [0, 0.1) is 6.92 Å². The van der Waals surface area contributed by atoms with Crippen LogP contribution in [-0.2, 0) is 14.3 Å². The van der Waals surface area contributed by atoms with E-state index in [-0.39, 0.29) is 18.8 Å². The fraction of sp³-hybridized carbons (Fsp3) is 0.667. The Hall–Kier alpha value is -1.77. The molecule has 3 atom stereocenters. The Morgan fingerprint density at radius 1 is 1.52 bits per heavy atom. The number of hydrogen-bond donors (Lipinski definition) is 2. The van der Waals surface area contributed by atoms with Crippen molar-refractivity contribution in [1.29, 1.82) is 0 Å². The van der Waals surface area contributed by atoms with Gasteiger partial charge in [0.1, 0.15) is 18.9 Å². The molecule has 1 aliphatic rings. The highest BCUT2D eigenvalue weighted by Gasteiger charge is 2.36. The van der Waals surface area contributed by atoms with Crippen molar-refractivity contribution in [1.82, 2.24) is 9.55 Å². The monoisotopic (exact) mass is 326 g/mol. The van der Waals surface area contributed by atoms with Gasteiger partial charge in [-0.2, -0.15) is 0 Å². The summed E-state index contributed by atoms with van der Waals surface area (Å²) in [5.41, 5.74) is -0.710. The van der Waals surface area contributed by atoms with E-state index in [1.807, 2.05) is 6.92 Å². The maximum Gasteiger partial charge on any atom is 0.330 e. The number of nitrogens with one attached hydrogen (secondary N) is 1. The van der Waals surface area contributed by atoms with E-state index in [0.717, 1.165) is 12.8 Å². The number of nitrogens with zero attached hydrogens (tertiary/aromatic N) is 1. The molecule has 0 radical (unpaired) electrons. The minimum absolute atomic E-state index is 0.0526. The number of Topliss-reactive ketones (excluding diaryl/α,β-unsaturated/α-hetero) is 1. The van der Waals surface area contributed by atoms with E-state index >= 15 is 0 Å². The van der Waals surface area contributed by atoms with Gasteiger partial charge in [0.15, 0.2) is 12.1 Å².